The van der Waals surface area contributed by atoms with Crippen LogP contribution < -0.4 is 4.74 Å². The van der Waals surface area contributed by atoms with Gasteiger partial charge in [0.25, 0.3) is 0 Å². The first-order chi connectivity index (χ1) is 14.9. The number of nitrogens with zero attached hydrogens (tertiary/aromatic N) is 2. The summed E-state index contributed by atoms with van der Waals surface area (Å²) in [6, 6.07) is 9.00. The van der Waals surface area contributed by atoms with Gasteiger partial charge in [0.05, 0.1) is 13.5 Å². The maximum absolute atomic E-state index is 12.8. The number of likely N-dealkylation sites (N-methyl/N-ethyl adjacent to an activating group) is 1. The van der Waals surface area contributed by atoms with Crippen molar-refractivity contribution in [2.75, 3.05) is 40.3 Å². The molecule has 0 bridgehead atoms. The lowest BCUT2D eigenvalue weighted by atomic mass is 9.76. The van der Waals surface area contributed by atoms with Crippen molar-refractivity contribution in [2.24, 2.45) is 0 Å². The van der Waals surface area contributed by atoms with Gasteiger partial charge in [-0.3, -0.25) is 4.79 Å². The van der Waals surface area contributed by atoms with Crippen molar-refractivity contribution >= 4 is 5.91 Å². The van der Waals surface area contributed by atoms with Gasteiger partial charge in [-0.15, -0.1) is 0 Å². The number of carbonyl (C=O) groups excluding carboxylic acids is 1. The molecule has 4 heteroatoms. The number of hydrogen-bond donors (Lipinski definition) is 0. The number of fused-ring (bicyclic) bond motifs is 2. The maximum Gasteiger partial charge on any atom is 0.227 e. The van der Waals surface area contributed by atoms with Crippen molar-refractivity contribution in [2.45, 2.75) is 52.4 Å². The topological polar surface area (TPSA) is 32.8 Å². The smallest absolute Gasteiger partial charge is 0.227 e. The summed E-state index contributed by atoms with van der Waals surface area (Å²) < 4.78 is 5.45. The molecule has 1 unspecified atom stereocenters. The molecular formula is C27H36N2O2. The van der Waals surface area contributed by atoms with Crippen LogP contribution in [-0.2, 0) is 24.1 Å². The number of methoxy groups -OCH3 is 1. The first-order valence-corrected chi connectivity index (χ1v) is 11.6. The number of benzene rings is 2. The third kappa shape index (κ3) is 4.64. The van der Waals surface area contributed by atoms with E-state index < -0.39 is 0 Å². The van der Waals surface area contributed by atoms with E-state index in [1.807, 2.05) is 0 Å². The first kappa shape index (κ1) is 21.9. The standard InChI is InChI=1S/C27H36N2O2/c1-18-11-21-7-10-29(27(30)16-22(21)12-19(18)2)9-6-8-28(4)17-24-14-23-15-26(31-5)20(3)13-25(23)24/h11-13,15,24H,6-10,14,16-17H2,1-5H3. The predicted octanol–water partition coefficient (Wildman–Crippen LogP) is 4.21. The molecule has 0 spiro atoms. The average Bonchev–Trinajstić information content (AvgIpc) is 2.87. The normalized spacial score (nSPS) is 17.8. The molecule has 0 N–H and O–H groups in total. The molecule has 1 aliphatic carbocycles. The van der Waals surface area contributed by atoms with Crippen molar-refractivity contribution in [3.63, 3.8) is 0 Å². The van der Waals surface area contributed by atoms with Crippen LogP contribution >= 0.6 is 0 Å². The van der Waals surface area contributed by atoms with E-state index in [-0.39, 0.29) is 5.91 Å². The summed E-state index contributed by atoms with van der Waals surface area (Å²) in [4.78, 5) is 17.3. The first-order valence-electron chi connectivity index (χ1n) is 11.6. The summed E-state index contributed by atoms with van der Waals surface area (Å²) in [5, 5.41) is 0. The molecule has 0 radical (unpaired) electrons. The minimum absolute atomic E-state index is 0.280. The molecular weight excluding hydrogens is 384 g/mol. The van der Waals surface area contributed by atoms with E-state index in [0.29, 0.717) is 12.3 Å². The highest BCUT2D eigenvalue weighted by Crippen LogP contribution is 2.39. The lowest BCUT2D eigenvalue weighted by Gasteiger charge is -2.34. The van der Waals surface area contributed by atoms with Gasteiger partial charge in [-0.2, -0.15) is 0 Å². The Kier molecular flexibility index (Phi) is 6.38. The molecule has 166 valence electrons. The zero-order valence-corrected chi connectivity index (χ0v) is 19.8. The largest absolute Gasteiger partial charge is 0.496 e. The number of hydrogen-bond acceptors (Lipinski definition) is 3. The highest BCUT2D eigenvalue weighted by molar-refractivity contribution is 5.80. The van der Waals surface area contributed by atoms with Crippen molar-refractivity contribution in [1.82, 2.24) is 9.80 Å². The highest BCUT2D eigenvalue weighted by atomic mass is 16.5. The minimum atomic E-state index is 0.280. The molecule has 1 aliphatic heterocycles. The van der Waals surface area contributed by atoms with Crippen LogP contribution in [0, 0.1) is 20.8 Å². The SMILES string of the molecule is COc1cc2c(cc1C)C(CN(C)CCCN1CCc3cc(C)c(C)cc3CC1=O)C2. The quantitative estimate of drug-likeness (QED) is 0.673. The lowest BCUT2D eigenvalue weighted by Crippen LogP contribution is -2.36. The van der Waals surface area contributed by atoms with E-state index in [1.165, 1.54) is 38.9 Å². The molecule has 1 amide bonds. The fourth-order valence-corrected chi connectivity index (χ4v) is 5.16. The van der Waals surface area contributed by atoms with Crippen molar-refractivity contribution in [1.29, 1.82) is 0 Å². The van der Waals surface area contributed by atoms with Gasteiger partial charge in [-0.05, 0) is 98.6 Å². The number of aryl methyl sites for hydroxylation is 3. The zero-order chi connectivity index (χ0) is 22.1. The molecule has 2 aromatic rings. The maximum atomic E-state index is 12.8. The van der Waals surface area contributed by atoms with Gasteiger partial charge in [-0.25, -0.2) is 0 Å². The van der Waals surface area contributed by atoms with Crippen LogP contribution in [0.15, 0.2) is 24.3 Å². The molecule has 0 aromatic heterocycles. The second-order valence-corrected chi connectivity index (χ2v) is 9.55. The average molecular weight is 421 g/mol. The number of carbonyl (C=O) groups is 1. The van der Waals surface area contributed by atoms with Crippen LogP contribution in [0.4, 0.5) is 0 Å². The van der Waals surface area contributed by atoms with Gasteiger partial charge in [0.2, 0.25) is 5.91 Å². The van der Waals surface area contributed by atoms with Crippen molar-refractivity contribution in [3.05, 3.63) is 63.2 Å². The molecule has 4 rings (SSSR count). The number of ether oxygens (including phenoxy) is 1. The van der Waals surface area contributed by atoms with Gasteiger partial charge in [0.15, 0.2) is 0 Å². The fraction of sp³-hybridized carbons (Fsp3) is 0.519. The van der Waals surface area contributed by atoms with Gasteiger partial charge in [0.1, 0.15) is 5.75 Å². The third-order valence-electron chi connectivity index (χ3n) is 7.22. The van der Waals surface area contributed by atoms with Gasteiger partial charge >= 0.3 is 0 Å². The van der Waals surface area contributed by atoms with E-state index in [4.69, 9.17) is 4.74 Å². The molecule has 0 fully saturated rings. The van der Waals surface area contributed by atoms with Gasteiger partial charge < -0.3 is 14.5 Å². The summed E-state index contributed by atoms with van der Waals surface area (Å²) in [5.74, 6) is 1.90. The monoisotopic (exact) mass is 420 g/mol. The summed E-state index contributed by atoms with van der Waals surface area (Å²) in [6.45, 7) is 10.2. The fourth-order valence-electron chi connectivity index (χ4n) is 5.16. The minimum Gasteiger partial charge on any atom is -0.496 e. The Bertz CT molecular complexity index is 982. The Morgan fingerprint density at radius 2 is 1.77 bits per heavy atom. The van der Waals surface area contributed by atoms with Gasteiger partial charge in [0, 0.05) is 25.6 Å². The Morgan fingerprint density at radius 1 is 1.03 bits per heavy atom. The molecule has 4 nitrogen and oxygen atoms in total. The summed E-state index contributed by atoms with van der Waals surface area (Å²) >= 11 is 0. The van der Waals surface area contributed by atoms with Gasteiger partial charge in [-0.1, -0.05) is 18.2 Å². The highest BCUT2D eigenvalue weighted by Gasteiger charge is 2.28. The van der Waals surface area contributed by atoms with E-state index in [9.17, 15) is 4.79 Å². The van der Waals surface area contributed by atoms with E-state index in [1.54, 1.807) is 7.11 Å². The summed E-state index contributed by atoms with van der Waals surface area (Å²) in [7, 11) is 3.95. The lowest BCUT2D eigenvalue weighted by molar-refractivity contribution is -0.130. The van der Waals surface area contributed by atoms with Crippen LogP contribution in [0.25, 0.3) is 0 Å². The van der Waals surface area contributed by atoms with E-state index in [2.05, 4.69) is 61.9 Å². The summed E-state index contributed by atoms with van der Waals surface area (Å²) in [6.07, 6.45) is 3.68. The summed E-state index contributed by atoms with van der Waals surface area (Å²) in [5.41, 5.74) is 9.33. The molecule has 31 heavy (non-hydrogen) atoms. The molecule has 0 saturated carbocycles. The van der Waals surface area contributed by atoms with E-state index in [0.717, 1.165) is 51.2 Å². The zero-order valence-electron chi connectivity index (χ0n) is 19.8. The molecule has 2 aliphatic rings. The van der Waals surface area contributed by atoms with Crippen LogP contribution in [-0.4, -0.2) is 56.0 Å². The molecule has 2 aromatic carbocycles. The van der Waals surface area contributed by atoms with Crippen LogP contribution in [0.2, 0.25) is 0 Å². The Labute approximate surface area is 187 Å². The number of amides is 1. The predicted molar refractivity (Wildman–Crippen MR) is 126 cm³/mol. The third-order valence-corrected chi connectivity index (χ3v) is 7.22. The molecule has 1 heterocycles. The van der Waals surface area contributed by atoms with Crippen LogP contribution in [0.5, 0.6) is 5.75 Å². The number of rotatable bonds is 7. The van der Waals surface area contributed by atoms with E-state index >= 15 is 0 Å². The molecule has 1 atom stereocenters. The van der Waals surface area contributed by atoms with Crippen LogP contribution in [0.1, 0.15) is 51.3 Å². The Hall–Kier alpha value is -2.33. The van der Waals surface area contributed by atoms with Crippen molar-refractivity contribution < 1.29 is 9.53 Å². The van der Waals surface area contributed by atoms with Crippen LogP contribution in [0.3, 0.4) is 0 Å². The van der Waals surface area contributed by atoms with Crippen molar-refractivity contribution in [3.8, 4) is 5.75 Å². The second-order valence-electron chi connectivity index (χ2n) is 9.55. The Morgan fingerprint density at radius 3 is 2.52 bits per heavy atom. The molecule has 0 saturated heterocycles. The second kappa shape index (κ2) is 9.04. The Balaban J connectivity index is 1.26.